The summed E-state index contributed by atoms with van der Waals surface area (Å²) >= 11 is 0. The highest BCUT2D eigenvalue weighted by molar-refractivity contribution is 5.22. The number of rotatable bonds is 4. The van der Waals surface area contributed by atoms with Crippen molar-refractivity contribution < 1.29 is 0 Å². The lowest BCUT2D eigenvalue weighted by atomic mass is 10.1. The first-order valence-corrected chi connectivity index (χ1v) is 5.00. The van der Waals surface area contributed by atoms with Crippen LogP contribution in [0.1, 0.15) is 17.0 Å². The lowest BCUT2D eigenvalue weighted by Gasteiger charge is -2.01. The summed E-state index contributed by atoms with van der Waals surface area (Å²) in [5.41, 5.74) is 8.96. The van der Waals surface area contributed by atoms with E-state index >= 15 is 0 Å². The molecule has 0 fully saturated rings. The van der Waals surface area contributed by atoms with E-state index in [-0.39, 0.29) is 0 Å². The first-order chi connectivity index (χ1) is 7.40. The van der Waals surface area contributed by atoms with Crippen LogP contribution in [0.2, 0.25) is 0 Å². The van der Waals surface area contributed by atoms with Crippen LogP contribution in [0.4, 0.5) is 0 Å². The summed E-state index contributed by atoms with van der Waals surface area (Å²) in [5, 5.41) is 0. The standard InChI is InChI=1S/C11H14N4/c12-4-1-10-11(15-8-14-10)7-9-2-5-13-6-3-9/h2-3,5-6,8H,1,4,7,12H2,(H,14,15). The third kappa shape index (κ3) is 2.41. The number of aromatic amines is 1. The van der Waals surface area contributed by atoms with Gasteiger partial charge in [-0.15, -0.1) is 0 Å². The highest BCUT2D eigenvalue weighted by Gasteiger charge is 2.05. The molecule has 2 aromatic rings. The molecule has 4 nitrogen and oxygen atoms in total. The fourth-order valence-electron chi connectivity index (χ4n) is 1.56. The second kappa shape index (κ2) is 4.70. The molecule has 0 aliphatic carbocycles. The third-order valence-electron chi connectivity index (χ3n) is 2.32. The van der Waals surface area contributed by atoms with E-state index in [0.717, 1.165) is 24.2 Å². The molecule has 0 saturated heterocycles. The van der Waals surface area contributed by atoms with Gasteiger partial charge in [0, 0.05) is 30.9 Å². The molecule has 3 N–H and O–H groups in total. The van der Waals surface area contributed by atoms with E-state index in [2.05, 4.69) is 15.0 Å². The Hall–Kier alpha value is -1.68. The fourth-order valence-corrected chi connectivity index (χ4v) is 1.56. The van der Waals surface area contributed by atoms with E-state index in [1.165, 1.54) is 5.56 Å². The van der Waals surface area contributed by atoms with Gasteiger partial charge in [0.05, 0.1) is 12.0 Å². The maximum atomic E-state index is 5.52. The molecule has 0 radical (unpaired) electrons. The van der Waals surface area contributed by atoms with E-state index in [1.807, 2.05) is 12.1 Å². The van der Waals surface area contributed by atoms with Crippen molar-refractivity contribution in [1.29, 1.82) is 0 Å². The van der Waals surface area contributed by atoms with Gasteiger partial charge in [-0.3, -0.25) is 4.98 Å². The van der Waals surface area contributed by atoms with Crippen molar-refractivity contribution in [3.63, 3.8) is 0 Å². The van der Waals surface area contributed by atoms with Crippen LogP contribution in [-0.4, -0.2) is 21.5 Å². The summed E-state index contributed by atoms with van der Waals surface area (Å²) in [6, 6.07) is 4.01. The van der Waals surface area contributed by atoms with Crippen molar-refractivity contribution in [2.75, 3.05) is 6.54 Å². The predicted octanol–water partition coefficient (Wildman–Crippen LogP) is 0.897. The minimum atomic E-state index is 0.633. The molecular weight excluding hydrogens is 188 g/mol. The van der Waals surface area contributed by atoms with Crippen molar-refractivity contribution in [3.8, 4) is 0 Å². The van der Waals surface area contributed by atoms with Gasteiger partial charge in [0.15, 0.2) is 0 Å². The summed E-state index contributed by atoms with van der Waals surface area (Å²) in [5.74, 6) is 0. The van der Waals surface area contributed by atoms with Crippen molar-refractivity contribution in [2.24, 2.45) is 5.73 Å². The Balaban J connectivity index is 2.14. The zero-order valence-electron chi connectivity index (χ0n) is 8.48. The Morgan fingerprint density at radius 2 is 2.07 bits per heavy atom. The number of nitrogens with two attached hydrogens (primary N) is 1. The second-order valence-corrected chi connectivity index (χ2v) is 3.40. The summed E-state index contributed by atoms with van der Waals surface area (Å²) in [6.07, 6.45) is 7.01. The van der Waals surface area contributed by atoms with Crippen molar-refractivity contribution >= 4 is 0 Å². The van der Waals surface area contributed by atoms with Gasteiger partial charge in [-0.2, -0.15) is 0 Å². The van der Waals surface area contributed by atoms with Crippen molar-refractivity contribution in [3.05, 3.63) is 47.8 Å². The zero-order chi connectivity index (χ0) is 10.5. The molecule has 78 valence electrons. The highest BCUT2D eigenvalue weighted by atomic mass is 14.9. The number of H-pyrrole nitrogens is 1. The van der Waals surface area contributed by atoms with E-state index in [9.17, 15) is 0 Å². The first-order valence-electron chi connectivity index (χ1n) is 5.00. The van der Waals surface area contributed by atoms with Crippen LogP contribution >= 0.6 is 0 Å². The predicted molar refractivity (Wildman–Crippen MR) is 58.4 cm³/mol. The fraction of sp³-hybridized carbons (Fsp3) is 0.273. The lowest BCUT2D eigenvalue weighted by Crippen LogP contribution is -2.05. The largest absolute Gasteiger partial charge is 0.348 e. The molecule has 0 atom stereocenters. The van der Waals surface area contributed by atoms with Gasteiger partial charge in [0.25, 0.3) is 0 Å². The van der Waals surface area contributed by atoms with Crippen LogP contribution < -0.4 is 5.73 Å². The number of hydrogen-bond acceptors (Lipinski definition) is 3. The smallest absolute Gasteiger partial charge is 0.0925 e. The molecule has 2 heterocycles. The molecule has 0 spiro atoms. The Morgan fingerprint density at radius 3 is 2.80 bits per heavy atom. The van der Waals surface area contributed by atoms with Gasteiger partial charge in [0.2, 0.25) is 0 Å². The summed E-state index contributed by atoms with van der Waals surface area (Å²) in [4.78, 5) is 11.4. The topological polar surface area (TPSA) is 67.6 Å². The molecule has 0 unspecified atom stereocenters. The molecular formula is C11H14N4. The Bertz CT molecular complexity index is 408. The molecule has 2 rings (SSSR count). The second-order valence-electron chi connectivity index (χ2n) is 3.40. The average molecular weight is 202 g/mol. The minimum absolute atomic E-state index is 0.633. The maximum absolute atomic E-state index is 5.52. The Morgan fingerprint density at radius 1 is 1.27 bits per heavy atom. The van der Waals surface area contributed by atoms with Gasteiger partial charge in [0.1, 0.15) is 0 Å². The van der Waals surface area contributed by atoms with E-state index < -0.39 is 0 Å². The van der Waals surface area contributed by atoms with Crippen LogP contribution in [0.15, 0.2) is 30.9 Å². The highest BCUT2D eigenvalue weighted by Crippen LogP contribution is 2.09. The van der Waals surface area contributed by atoms with E-state index in [4.69, 9.17) is 5.73 Å². The Labute approximate surface area is 88.6 Å². The van der Waals surface area contributed by atoms with Crippen LogP contribution in [0.25, 0.3) is 0 Å². The quantitative estimate of drug-likeness (QED) is 0.774. The summed E-state index contributed by atoms with van der Waals surface area (Å²) < 4.78 is 0. The molecule has 0 aliphatic heterocycles. The van der Waals surface area contributed by atoms with Crippen LogP contribution in [0, 0.1) is 0 Å². The number of imidazole rings is 1. The normalized spacial score (nSPS) is 10.5. The lowest BCUT2D eigenvalue weighted by molar-refractivity contribution is 0.910. The number of pyridine rings is 1. The molecule has 0 aliphatic rings. The average Bonchev–Trinajstić information content (AvgIpc) is 2.68. The van der Waals surface area contributed by atoms with Crippen molar-refractivity contribution in [1.82, 2.24) is 15.0 Å². The number of nitrogens with zero attached hydrogens (tertiary/aromatic N) is 2. The number of nitrogens with one attached hydrogen (secondary N) is 1. The number of aromatic nitrogens is 3. The van der Waals surface area contributed by atoms with Crippen LogP contribution in [-0.2, 0) is 12.8 Å². The zero-order valence-corrected chi connectivity index (χ0v) is 8.48. The van der Waals surface area contributed by atoms with Gasteiger partial charge in [-0.25, -0.2) is 4.98 Å². The maximum Gasteiger partial charge on any atom is 0.0925 e. The Kier molecular flexibility index (Phi) is 3.09. The van der Waals surface area contributed by atoms with Crippen LogP contribution in [0.5, 0.6) is 0 Å². The van der Waals surface area contributed by atoms with Gasteiger partial charge in [-0.05, 0) is 24.2 Å². The number of hydrogen-bond donors (Lipinski definition) is 2. The molecule has 2 aromatic heterocycles. The van der Waals surface area contributed by atoms with Crippen molar-refractivity contribution in [2.45, 2.75) is 12.8 Å². The van der Waals surface area contributed by atoms with Crippen LogP contribution in [0.3, 0.4) is 0 Å². The monoisotopic (exact) mass is 202 g/mol. The SMILES string of the molecule is NCCc1nc[nH]c1Cc1ccncc1. The third-order valence-corrected chi connectivity index (χ3v) is 2.32. The first kappa shape index (κ1) is 9.86. The van der Waals surface area contributed by atoms with Gasteiger partial charge in [-0.1, -0.05) is 0 Å². The van der Waals surface area contributed by atoms with E-state index in [0.29, 0.717) is 6.54 Å². The molecule has 0 aromatic carbocycles. The molecule has 0 saturated carbocycles. The summed E-state index contributed by atoms with van der Waals surface area (Å²) in [6.45, 7) is 0.633. The van der Waals surface area contributed by atoms with Gasteiger partial charge < -0.3 is 10.7 Å². The minimum Gasteiger partial charge on any atom is -0.348 e. The molecule has 15 heavy (non-hydrogen) atoms. The molecule has 0 bridgehead atoms. The van der Waals surface area contributed by atoms with E-state index in [1.54, 1.807) is 18.7 Å². The summed E-state index contributed by atoms with van der Waals surface area (Å²) in [7, 11) is 0. The molecule has 0 amide bonds. The van der Waals surface area contributed by atoms with Gasteiger partial charge >= 0.3 is 0 Å². The molecule has 4 heteroatoms.